The molecule has 0 aliphatic carbocycles. The van der Waals surface area contributed by atoms with Crippen molar-refractivity contribution in [3.05, 3.63) is 54.1 Å². The van der Waals surface area contributed by atoms with Gasteiger partial charge in [0.05, 0.1) is 16.8 Å². The Bertz CT molecular complexity index is 719. The second-order valence-electron chi connectivity index (χ2n) is 4.23. The Morgan fingerprint density at radius 3 is 2.63 bits per heavy atom. The van der Waals surface area contributed by atoms with Crippen LogP contribution in [0.2, 0.25) is 0 Å². The summed E-state index contributed by atoms with van der Waals surface area (Å²) < 4.78 is 20.1. The standard InChI is InChI=1S/C14H12N2O2S/c17-19(18)9-10-5-1-2-6-11(10)14-15-12-7-3-4-8-13(12)16-14/h1-8H,9H2,(H,15,16)(H,17,18). The fraction of sp³-hybridized carbons (Fsp3) is 0.0714. The third-order valence-electron chi connectivity index (χ3n) is 2.94. The van der Waals surface area contributed by atoms with Crippen LogP contribution in [0.5, 0.6) is 0 Å². The molecule has 0 radical (unpaired) electrons. The lowest BCUT2D eigenvalue weighted by molar-refractivity contribution is 0.563. The van der Waals surface area contributed by atoms with E-state index in [9.17, 15) is 4.21 Å². The number of nitrogens with one attached hydrogen (secondary N) is 1. The number of aromatic amines is 1. The summed E-state index contributed by atoms with van der Waals surface area (Å²) in [6, 6.07) is 15.3. The van der Waals surface area contributed by atoms with Gasteiger partial charge in [-0.2, -0.15) is 0 Å². The Hall–Kier alpha value is -1.98. The lowest BCUT2D eigenvalue weighted by atomic mass is 10.1. The predicted molar refractivity (Wildman–Crippen MR) is 76.0 cm³/mol. The van der Waals surface area contributed by atoms with Crippen LogP contribution in [0.4, 0.5) is 0 Å². The summed E-state index contributed by atoms with van der Waals surface area (Å²) in [7, 11) is 0. The van der Waals surface area contributed by atoms with Gasteiger partial charge in [0.2, 0.25) is 0 Å². The van der Waals surface area contributed by atoms with E-state index >= 15 is 0 Å². The van der Waals surface area contributed by atoms with Gasteiger partial charge in [0.1, 0.15) is 5.82 Å². The van der Waals surface area contributed by atoms with Crippen molar-refractivity contribution in [3.63, 3.8) is 0 Å². The molecule has 1 aromatic heterocycles. The highest BCUT2D eigenvalue weighted by Crippen LogP contribution is 2.24. The number of nitrogens with zero attached hydrogens (tertiary/aromatic N) is 1. The molecule has 4 nitrogen and oxygen atoms in total. The SMILES string of the molecule is O=S(O)Cc1ccccc1-c1nc2ccccc2[nH]1. The monoisotopic (exact) mass is 272 g/mol. The summed E-state index contributed by atoms with van der Waals surface area (Å²) in [6.45, 7) is 0. The average molecular weight is 272 g/mol. The zero-order valence-corrected chi connectivity index (χ0v) is 10.9. The Morgan fingerprint density at radius 1 is 1.11 bits per heavy atom. The lowest BCUT2D eigenvalue weighted by Gasteiger charge is -2.04. The van der Waals surface area contributed by atoms with Crippen molar-refractivity contribution in [1.82, 2.24) is 9.97 Å². The Labute approximate surface area is 112 Å². The first-order chi connectivity index (χ1) is 9.24. The van der Waals surface area contributed by atoms with Crippen molar-refractivity contribution in [1.29, 1.82) is 0 Å². The molecular formula is C14H12N2O2S. The van der Waals surface area contributed by atoms with Crippen LogP contribution in [0.25, 0.3) is 22.4 Å². The van der Waals surface area contributed by atoms with Gasteiger partial charge >= 0.3 is 0 Å². The predicted octanol–water partition coefficient (Wildman–Crippen LogP) is 2.95. The van der Waals surface area contributed by atoms with Crippen molar-refractivity contribution in [2.75, 3.05) is 0 Å². The van der Waals surface area contributed by atoms with E-state index in [1.54, 1.807) is 0 Å². The quantitative estimate of drug-likeness (QED) is 0.720. The summed E-state index contributed by atoms with van der Waals surface area (Å²) in [5, 5.41) is 0. The number of H-pyrrole nitrogens is 1. The molecule has 0 fully saturated rings. The number of hydrogen-bond donors (Lipinski definition) is 2. The minimum atomic E-state index is -1.86. The Balaban J connectivity index is 2.13. The highest BCUT2D eigenvalue weighted by molar-refractivity contribution is 7.78. The van der Waals surface area contributed by atoms with Crippen molar-refractivity contribution in [2.45, 2.75) is 5.75 Å². The molecule has 0 aliphatic rings. The number of fused-ring (bicyclic) bond motifs is 1. The fourth-order valence-electron chi connectivity index (χ4n) is 2.09. The molecule has 0 saturated heterocycles. The number of benzene rings is 2. The summed E-state index contributed by atoms with van der Waals surface area (Å²) in [5.74, 6) is 0.829. The topological polar surface area (TPSA) is 66.0 Å². The highest BCUT2D eigenvalue weighted by atomic mass is 32.2. The van der Waals surface area contributed by atoms with Gasteiger partial charge in [0.25, 0.3) is 0 Å². The van der Waals surface area contributed by atoms with Crippen molar-refractivity contribution in [2.24, 2.45) is 0 Å². The Morgan fingerprint density at radius 2 is 1.84 bits per heavy atom. The van der Waals surface area contributed by atoms with Gasteiger partial charge in [-0.15, -0.1) is 0 Å². The third kappa shape index (κ3) is 2.43. The van der Waals surface area contributed by atoms with Crippen molar-refractivity contribution >= 4 is 22.1 Å². The maximum Gasteiger partial charge on any atom is 0.157 e. The van der Waals surface area contributed by atoms with Crippen LogP contribution >= 0.6 is 0 Å². The third-order valence-corrected chi connectivity index (χ3v) is 3.50. The molecule has 0 saturated carbocycles. The zero-order valence-electron chi connectivity index (χ0n) is 10.0. The number of para-hydroxylation sites is 2. The average Bonchev–Trinajstić information content (AvgIpc) is 2.82. The van der Waals surface area contributed by atoms with E-state index in [0.717, 1.165) is 28.0 Å². The lowest BCUT2D eigenvalue weighted by Crippen LogP contribution is -1.96. The van der Waals surface area contributed by atoms with Gasteiger partial charge in [-0.05, 0) is 17.7 Å². The van der Waals surface area contributed by atoms with Gasteiger partial charge in [0, 0.05) is 5.56 Å². The van der Waals surface area contributed by atoms with Gasteiger partial charge in [-0.1, -0.05) is 36.4 Å². The molecule has 0 bridgehead atoms. The normalized spacial score (nSPS) is 12.7. The number of rotatable bonds is 3. The van der Waals surface area contributed by atoms with Crippen LogP contribution in [0.15, 0.2) is 48.5 Å². The number of hydrogen-bond acceptors (Lipinski definition) is 2. The summed E-state index contributed by atoms with van der Waals surface area (Å²) >= 11 is -1.86. The molecule has 5 heteroatoms. The molecule has 3 aromatic rings. The highest BCUT2D eigenvalue weighted by Gasteiger charge is 2.10. The number of imidazole rings is 1. The smallest absolute Gasteiger partial charge is 0.157 e. The maximum absolute atomic E-state index is 11.0. The first kappa shape index (κ1) is 12.1. The zero-order chi connectivity index (χ0) is 13.2. The van der Waals surface area contributed by atoms with E-state index < -0.39 is 11.1 Å². The molecule has 2 N–H and O–H groups in total. The van der Waals surface area contributed by atoms with Crippen LogP contribution in [0.3, 0.4) is 0 Å². The second kappa shape index (κ2) is 4.95. The van der Waals surface area contributed by atoms with E-state index in [2.05, 4.69) is 9.97 Å². The summed E-state index contributed by atoms with van der Waals surface area (Å²) in [6.07, 6.45) is 0. The summed E-state index contributed by atoms with van der Waals surface area (Å²) in [4.78, 5) is 7.75. The molecular weight excluding hydrogens is 260 g/mol. The van der Waals surface area contributed by atoms with Crippen molar-refractivity contribution in [3.8, 4) is 11.4 Å². The minimum Gasteiger partial charge on any atom is -0.338 e. The minimum absolute atomic E-state index is 0.104. The molecule has 0 spiro atoms. The van der Waals surface area contributed by atoms with E-state index in [0.29, 0.717) is 0 Å². The largest absolute Gasteiger partial charge is 0.338 e. The van der Waals surface area contributed by atoms with E-state index in [1.165, 1.54) is 0 Å². The fourth-order valence-corrected chi connectivity index (χ4v) is 2.61. The van der Waals surface area contributed by atoms with Gasteiger partial charge < -0.3 is 9.54 Å². The summed E-state index contributed by atoms with van der Waals surface area (Å²) in [5.41, 5.74) is 3.51. The van der Waals surface area contributed by atoms with Gasteiger partial charge in [0.15, 0.2) is 11.1 Å². The number of aromatic nitrogens is 2. The molecule has 96 valence electrons. The molecule has 19 heavy (non-hydrogen) atoms. The molecule has 3 rings (SSSR count). The molecule has 0 amide bonds. The van der Waals surface area contributed by atoms with Crippen LogP contribution in [0.1, 0.15) is 5.56 Å². The van der Waals surface area contributed by atoms with Crippen LogP contribution in [0, 0.1) is 0 Å². The van der Waals surface area contributed by atoms with Crippen LogP contribution in [-0.4, -0.2) is 18.7 Å². The maximum atomic E-state index is 11.0. The van der Waals surface area contributed by atoms with Gasteiger partial charge in [-0.3, -0.25) is 0 Å². The van der Waals surface area contributed by atoms with E-state index in [1.807, 2.05) is 48.5 Å². The Kier molecular flexibility index (Phi) is 3.15. The van der Waals surface area contributed by atoms with Crippen molar-refractivity contribution < 1.29 is 8.76 Å². The van der Waals surface area contributed by atoms with Gasteiger partial charge in [-0.25, -0.2) is 9.19 Å². The molecule has 1 unspecified atom stereocenters. The molecule has 2 aromatic carbocycles. The first-order valence-electron chi connectivity index (χ1n) is 5.84. The van der Waals surface area contributed by atoms with Crippen LogP contribution in [-0.2, 0) is 16.8 Å². The molecule has 0 aliphatic heterocycles. The first-order valence-corrected chi connectivity index (χ1v) is 7.12. The van der Waals surface area contributed by atoms with E-state index in [4.69, 9.17) is 4.55 Å². The van der Waals surface area contributed by atoms with Crippen LogP contribution < -0.4 is 0 Å². The van der Waals surface area contributed by atoms with E-state index in [-0.39, 0.29) is 5.75 Å². The second-order valence-corrected chi connectivity index (χ2v) is 5.16. The molecule has 1 heterocycles. The molecule has 1 atom stereocenters.